The van der Waals surface area contributed by atoms with Crippen molar-refractivity contribution in [2.45, 2.75) is 6.04 Å². The first-order valence-electron chi connectivity index (χ1n) is 5.46. The van der Waals surface area contributed by atoms with Crippen LogP contribution in [0.15, 0.2) is 41.1 Å². The second kappa shape index (κ2) is 3.98. The van der Waals surface area contributed by atoms with Gasteiger partial charge in [0.15, 0.2) is 0 Å². The molecule has 0 bridgehead atoms. The van der Waals surface area contributed by atoms with Crippen molar-refractivity contribution in [2.24, 2.45) is 12.8 Å². The van der Waals surface area contributed by atoms with Gasteiger partial charge in [0.1, 0.15) is 0 Å². The number of hydrogen-bond acceptors (Lipinski definition) is 3. The summed E-state index contributed by atoms with van der Waals surface area (Å²) in [6.07, 6.45) is 0. The van der Waals surface area contributed by atoms with Crippen molar-refractivity contribution in [3.63, 3.8) is 0 Å². The van der Waals surface area contributed by atoms with Gasteiger partial charge in [-0.2, -0.15) is 16.4 Å². The minimum Gasteiger partial charge on any atom is -0.319 e. The van der Waals surface area contributed by atoms with E-state index in [4.69, 9.17) is 5.73 Å². The number of para-hydroxylation sites is 1. The molecule has 0 amide bonds. The Morgan fingerprint density at radius 3 is 2.88 bits per heavy atom. The molecule has 0 fully saturated rings. The summed E-state index contributed by atoms with van der Waals surface area (Å²) in [6, 6.07) is 10.1. The van der Waals surface area contributed by atoms with Crippen molar-refractivity contribution >= 4 is 22.2 Å². The zero-order valence-corrected chi connectivity index (χ0v) is 10.3. The van der Waals surface area contributed by atoms with E-state index in [1.54, 1.807) is 11.3 Å². The Morgan fingerprint density at radius 2 is 2.12 bits per heavy atom. The van der Waals surface area contributed by atoms with Crippen LogP contribution < -0.4 is 5.73 Å². The highest BCUT2D eigenvalue weighted by molar-refractivity contribution is 7.08. The number of rotatable bonds is 2. The Kier molecular flexibility index (Phi) is 2.46. The maximum Gasteiger partial charge on any atom is 0.0916 e. The quantitative estimate of drug-likeness (QED) is 0.752. The van der Waals surface area contributed by atoms with E-state index in [2.05, 4.69) is 28.7 Å². The fourth-order valence-electron chi connectivity index (χ4n) is 2.08. The molecule has 0 spiro atoms. The maximum absolute atomic E-state index is 6.27. The van der Waals surface area contributed by atoms with Crippen LogP contribution in [-0.2, 0) is 7.05 Å². The molecule has 0 aliphatic carbocycles. The molecular formula is C13H13N3S. The molecule has 0 aliphatic rings. The highest BCUT2D eigenvalue weighted by Crippen LogP contribution is 2.27. The zero-order chi connectivity index (χ0) is 11.8. The number of benzene rings is 1. The number of fused-ring (bicyclic) bond motifs is 1. The van der Waals surface area contributed by atoms with Gasteiger partial charge in [-0.25, -0.2) is 0 Å². The van der Waals surface area contributed by atoms with Gasteiger partial charge >= 0.3 is 0 Å². The van der Waals surface area contributed by atoms with Gasteiger partial charge in [0.25, 0.3) is 0 Å². The first-order valence-corrected chi connectivity index (χ1v) is 6.41. The normalized spacial score (nSPS) is 13.1. The van der Waals surface area contributed by atoms with Gasteiger partial charge in [-0.15, -0.1) is 0 Å². The molecule has 2 heterocycles. The van der Waals surface area contributed by atoms with E-state index in [-0.39, 0.29) is 6.04 Å². The number of thiophene rings is 1. The Labute approximate surface area is 103 Å². The van der Waals surface area contributed by atoms with E-state index in [1.165, 1.54) is 0 Å². The molecule has 1 aromatic carbocycles. The average molecular weight is 243 g/mol. The summed E-state index contributed by atoms with van der Waals surface area (Å²) in [5.74, 6) is 0. The standard InChI is InChI=1S/C13H13N3S/c1-16-11-5-3-2-4-10(11)13(15-16)12(14)9-6-7-17-8-9/h2-8,12H,14H2,1H3. The summed E-state index contributed by atoms with van der Waals surface area (Å²) < 4.78 is 1.89. The van der Waals surface area contributed by atoms with E-state index < -0.39 is 0 Å². The summed E-state index contributed by atoms with van der Waals surface area (Å²) in [5.41, 5.74) is 9.46. The lowest BCUT2D eigenvalue weighted by Crippen LogP contribution is -2.12. The summed E-state index contributed by atoms with van der Waals surface area (Å²) >= 11 is 1.66. The van der Waals surface area contributed by atoms with Gasteiger partial charge < -0.3 is 5.73 Å². The second-order valence-corrected chi connectivity index (χ2v) is 4.84. The first-order chi connectivity index (χ1) is 8.27. The molecule has 0 saturated heterocycles. The van der Waals surface area contributed by atoms with Crippen LogP contribution in [-0.4, -0.2) is 9.78 Å². The van der Waals surface area contributed by atoms with Crippen molar-refractivity contribution in [1.82, 2.24) is 9.78 Å². The van der Waals surface area contributed by atoms with Crippen molar-refractivity contribution in [3.8, 4) is 0 Å². The lowest BCUT2D eigenvalue weighted by atomic mass is 10.1. The van der Waals surface area contributed by atoms with Crippen LogP contribution in [0.4, 0.5) is 0 Å². The van der Waals surface area contributed by atoms with E-state index in [9.17, 15) is 0 Å². The Hall–Kier alpha value is -1.65. The maximum atomic E-state index is 6.27. The molecule has 86 valence electrons. The molecular weight excluding hydrogens is 230 g/mol. The van der Waals surface area contributed by atoms with E-state index >= 15 is 0 Å². The smallest absolute Gasteiger partial charge is 0.0916 e. The summed E-state index contributed by atoms with van der Waals surface area (Å²) in [7, 11) is 1.95. The largest absolute Gasteiger partial charge is 0.319 e. The molecule has 1 unspecified atom stereocenters. The predicted octanol–water partition coefficient (Wildman–Crippen LogP) is 2.68. The third-order valence-corrected chi connectivity index (χ3v) is 3.68. The van der Waals surface area contributed by atoms with E-state index in [1.807, 2.05) is 29.2 Å². The van der Waals surface area contributed by atoms with Gasteiger partial charge in [0.05, 0.1) is 17.3 Å². The van der Waals surface area contributed by atoms with Crippen LogP contribution in [0.2, 0.25) is 0 Å². The minimum absolute atomic E-state index is 0.146. The van der Waals surface area contributed by atoms with Gasteiger partial charge in [0.2, 0.25) is 0 Å². The van der Waals surface area contributed by atoms with Crippen LogP contribution in [0.25, 0.3) is 10.9 Å². The summed E-state index contributed by atoms with van der Waals surface area (Å²) in [5, 5.41) is 9.79. The number of hydrogen-bond donors (Lipinski definition) is 1. The third-order valence-electron chi connectivity index (χ3n) is 2.98. The topological polar surface area (TPSA) is 43.8 Å². The van der Waals surface area contributed by atoms with Crippen LogP contribution in [0, 0.1) is 0 Å². The van der Waals surface area contributed by atoms with Crippen LogP contribution in [0.1, 0.15) is 17.3 Å². The molecule has 2 N–H and O–H groups in total. The van der Waals surface area contributed by atoms with Gasteiger partial charge in [-0.05, 0) is 28.5 Å². The fourth-order valence-corrected chi connectivity index (χ4v) is 2.78. The number of nitrogens with two attached hydrogens (primary N) is 1. The monoisotopic (exact) mass is 243 g/mol. The van der Waals surface area contributed by atoms with Crippen molar-refractivity contribution in [1.29, 1.82) is 0 Å². The average Bonchev–Trinajstić information content (AvgIpc) is 2.97. The van der Waals surface area contributed by atoms with Crippen molar-refractivity contribution in [3.05, 3.63) is 52.3 Å². The third kappa shape index (κ3) is 1.66. The Bertz CT molecular complexity index is 640. The predicted molar refractivity (Wildman–Crippen MR) is 71.1 cm³/mol. The molecule has 17 heavy (non-hydrogen) atoms. The summed E-state index contributed by atoms with van der Waals surface area (Å²) in [6.45, 7) is 0. The number of aryl methyl sites for hydroxylation is 1. The first kappa shape index (κ1) is 10.5. The van der Waals surface area contributed by atoms with Gasteiger partial charge in [-0.1, -0.05) is 18.2 Å². The molecule has 0 aliphatic heterocycles. The molecule has 0 saturated carbocycles. The second-order valence-electron chi connectivity index (χ2n) is 4.06. The molecule has 3 aromatic rings. The van der Waals surface area contributed by atoms with Crippen LogP contribution >= 0.6 is 11.3 Å². The van der Waals surface area contributed by atoms with Crippen LogP contribution in [0.5, 0.6) is 0 Å². The van der Waals surface area contributed by atoms with Gasteiger partial charge in [-0.3, -0.25) is 4.68 Å². The lowest BCUT2D eigenvalue weighted by Gasteiger charge is -2.06. The van der Waals surface area contributed by atoms with Crippen molar-refractivity contribution in [2.75, 3.05) is 0 Å². The summed E-state index contributed by atoms with van der Waals surface area (Å²) in [4.78, 5) is 0. The highest BCUT2D eigenvalue weighted by atomic mass is 32.1. The van der Waals surface area contributed by atoms with E-state index in [0.29, 0.717) is 0 Å². The fraction of sp³-hybridized carbons (Fsp3) is 0.154. The molecule has 3 rings (SSSR count). The molecule has 3 nitrogen and oxygen atoms in total. The number of aromatic nitrogens is 2. The van der Waals surface area contributed by atoms with E-state index in [0.717, 1.165) is 22.2 Å². The Morgan fingerprint density at radius 1 is 1.29 bits per heavy atom. The SMILES string of the molecule is Cn1nc(C(N)c2ccsc2)c2ccccc21. The zero-order valence-electron chi connectivity index (χ0n) is 9.50. The number of nitrogens with zero attached hydrogens (tertiary/aromatic N) is 2. The molecule has 1 atom stereocenters. The van der Waals surface area contributed by atoms with Crippen molar-refractivity contribution < 1.29 is 0 Å². The lowest BCUT2D eigenvalue weighted by molar-refractivity contribution is 0.733. The molecule has 4 heteroatoms. The van der Waals surface area contributed by atoms with Crippen LogP contribution in [0.3, 0.4) is 0 Å². The highest BCUT2D eigenvalue weighted by Gasteiger charge is 2.16. The molecule has 0 radical (unpaired) electrons. The van der Waals surface area contributed by atoms with Gasteiger partial charge in [0, 0.05) is 12.4 Å². The minimum atomic E-state index is -0.146. The molecule has 2 aromatic heterocycles. The Balaban J connectivity index is 2.18.